The third-order valence-corrected chi connectivity index (χ3v) is 4.87. The highest BCUT2D eigenvalue weighted by Gasteiger charge is 2.17. The number of rotatable bonds is 3. The van der Waals surface area contributed by atoms with E-state index >= 15 is 0 Å². The summed E-state index contributed by atoms with van der Waals surface area (Å²) in [6.07, 6.45) is 1.20. The van der Waals surface area contributed by atoms with Crippen molar-refractivity contribution < 1.29 is 4.79 Å². The molecule has 1 fully saturated rings. The number of thioether (sulfide) groups is 1. The minimum absolute atomic E-state index is 0.0366. The van der Waals surface area contributed by atoms with Crippen molar-refractivity contribution in [1.29, 1.82) is 0 Å². The predicted molar refractivity (Wildman–Crippen MR) is 76.9 cm³/mol. The van der Waals surface area contributed by atoms with Crippen molar-refractivity contribution in [2.75, 3.05) is 18.1 Å². The lowest BCUT2D eigenvalue weighted by Gasteiger charge is -2.11. The van der Waals surface area contributed by atoms with E-state index in [0.717, 1.165) is 16.8 Å². The zero-order valence-electron chi connectivity index (χ0n) is 9.21. The Morgan fingerprint density at radius 2 is 2.41 bits per heavy atom. The average Bonchev–Trinajstić information content (AvgIpc) is 2.78. The molecule has 0 aromatic heterocycles. The minimum Gasteiger partial charge on any atom is -0.352 e. The lowest BCUT2D eigenvalue weighted by molar-refractivity contribution is 0.0948. The van der Waals surface area contributed by atoms with E-state index in [1.165, 1.54) is 12.2 Å². The molecule has 1 aromatic rings. The molecule has 5 heteroatoms. The van der Waals surface area contributed by atoms with Crippen LogP contribution in [0.15, 0.2) is 22.7 Å². The van der Waals surface area contributed by atoms with Crippen molar-refractivity contribution in [3.63, 3.8) is 0 Å². The van der Waals surface area contributed by atoms with Crippen LogP contribution in [0, 0.1) is 5.92 Å². The molecule has 1 aliphatic heterocycles. The number of hydrogen-bond donors (Lipinski definition) is 1. The van der Waals surface area contributed by atoms with E-state index in [0.29, 0.717) is 16.5 Å². The molecule has 92 valence electrons. The van der Waals surface area contributed by atoms with Crippen molar-refractivity contribution >= 4 is 45.2 Å². The highest BCUT2D eigenvalue weighted by molar-refractivity contribution is 9.10. The van der Waals surface area contributed by atoms with Crippen molar-refractivity contribution in [2.45, 2.75) is 6.42 Å². The Labute approximate surface area is 119 Å². The molecule has 2 rings (SSSR count). The molecule has 0 saturated carbocycles. The van der Waals surface area contributed by atoms with Crippen LogP contribution in [0.2, 0.25) is 5.02 Å². The first-order valence-electron chi connectivity index (χ1n) is 5.48. The van der Waals surface area contributed by atoms with E-state index < -0.39 is 0 Å². The van der Waals surface area contributed by atoms with Crippen molar-refractivity contribution in [3.05, 3.63) is 33.3 Å². The van der Waals surface area contributed by atoms with E-state index in [-0.39, 0.29) is 5.91 Å². The molecule has 0 aliphatic carbocycles. The van der Waals surface area contributed by atoms with Crippen LogP contribution in [0.3, 0.4) is 0 Å². The van der Waals surface area contributed by atoms with E-state index in [2.05, 4.69) is 21.2 Å². The van der Waals surface area contributed by atoms with Gasteiger partial charge in [-0.15, -0.1) is 0 Å². The highest BCUT2D eigenvalue weighted by Crippen LogP contribution is 2.24. The summed E-state index contributed by atoms with van der Waals surface area (Å²) in [4.78, 5) is 11.9. The zero-order valence-corrected chi connectivity index (χ0v) is 12.4. The van der Waals surface area contributed by atoms with Gasteiger partial charge in [-0.25, -0.2) is 0 Å². The lowest BCUT2D eigenvalue weighted by atomic mass is 10.1. The lowest BCUT2D eigenvalue weighted by Crippen LogP contribution is -2.29. The standard InChI is InChI=1S/C12H13BrClNOS/c13-11-5-9(14)1-2-10(11)12(16)15-6-8-3-4-17-7-8/h1-2,5,8H,3-4,6-7H2,(H,15,16). The predicted octanol–water partition coefficient (Wildman–Crippen LogP) is 3.59. The summed E-state index contributed by atoms with van der Waals surface area (Å²) >= 11 is 11.1. The Morgan fingerprint density at radius 3 is 3.06 bits per heavy atom. The first-order valence-corrected chi connectivity index (χ1v) is 7.80. The van der Waals surface area contributed by atoms with Gasteiger partial charge in [-0.3, -0.25) is 4.79 Å². The topological polar surface area (TPSA) is 29.1 Å². The van der Waals surface area contributed by atoms with Crippen LogP contribution in [0.1, 0.15) is 16.8 Å². The number of amides is 1. The van der Waals surface area contributed by atoms with E-state index in [1.54, 1.807) is 18.2 Å². The number of hydrogen-bond acceptors (Lipinski definition) is 2. The Bertz CT molecular complexity index is 421. The molecule has 1 saturated heterocycles. The molecule has 17 heavy (non-hydrogen) atoms. The number of benzene rings is 1. The summed E-state index contributed by atoms with van der Waals surface area (Å²) in [7, 11) is 0. The molecule has 1 aromatic carbocycles. The third-order valence-electron chi connectivity index (χ3n) is 2.75. The van der Waals surface area contributed by atoms with Gasteiger partial charge in [0.1, 0.15) is 0 Å². The fourth-order valence-electron chi connectivity index (χ4n) is 1.75. The molecular weight excluding hydrogens is 322 g/mol. The van der Waals surface area contributed by atoms with Crippen LogP contribution in [-0.2, 0) is 0 Å². The number of nitrogens with one attached hydrogen (secondary N) is 1. The first kappa shape index (κ1) is 13.2. The van der Waals surface area contributed by atoms with Crippen molar-refractivity contribution in [1.82, 2.24) is 5.32 Å². The van der Waals surface area contributed by atoms with Crippen LogP contribution in [0.4, 0.5) is 0 Å². The zero-order chi connectivity index (χ0) is 12.3. The summed E-state index contributed by atoms with van der Waals surface area (Å²) in [5.74, 6) is 2.95. The smallest absolute Gasteiger partial charge is 0.252 e. The van der Waals surface area contributed by atoms with Crippen LogP contribution >= 0.6 is 39.3 Å². The maximum atomic E-state index is 11.9. The fourth-order valence-corrected chi connectivity index (χ4v) is 3.90. The Balaban J connectivity index is 1.94. The summed E-state index contributed by atoms with van der Waals surface area (Å²) in [5, 5.41) is 3.60. The Morgan fingerprint density at radius 1 is 1.59 bits per heavy atom. The van der Waals surface area contributed by atoms with E-state index in [4.69, 9.17) is 11.6 Å². The van der Waals surface area contributed by atoms with Crippen molar-refractivity contribution in [3.8, 4) is 0 Å². The Kier molecular flexibility index (Phi) is 4.77. The van der Waals surface area contributed by atoms with Gasteiger partial charge < -0.3 is 5.32 Å². The SMILES string of the molecule is O=C(NCC1CCSC1)c1ccc(Cl)cc1Br. The largest absolute Gasteiger partial charge is 0.352 e. The van der Waals surface area contributed by atoms with Crippen LogP contribution < -0.4 is 5.32 Å². The van der Waals surface area contributed by atoms with Gasteiger partial charge >= 0.3 is 0 Å². The van der Waals surface area contributed by atoms with Crippen LogP contribution in [0.25, 0.3) is 0 Å². The molecule has 1 aliphatic rings. The maximum Gasteiger partial charge on any atom is 0.252 e. The van der Waals surface area contributed by atoms with Crippen LogP contribution in [0.5, 0.6) is 0 Å². The van der Waals surface area contributed by atoms with Gasteiger partial charge in [0.2, 0.25) is 0 Å². The molecule has 1 atom stereocenters. The molecule has 1 N–H and O–H groups in total. The van der Waals surface area contributed by atoms with Gasteiger partial charge in [0.05, 0.1) is 5.56 Å². The summed E-state index contributed by atoms with van der Waals surface area (Å²) in [6.45, 7) is 0.765. The van der Waals surface area contributed by atoms with Gasteiger partial charge in [-0.1, -0.05) is 11.6 Å². The third kappa shape index (κ3) is 3.63. The second kappa shape index (κ2) is 6.12. The second-order valence-electron chi connectivity index (χ2n) is 4.06. The molecule has 1 unspecified atom stereocenters. The van der Waals surface area contributed by atoms with E-state index in [9.17, 15) is 4.79 Å². The second-order valence-corrected chi connectivity index (χ2v) is 6.50. The van der Waals surface area contributed by atoms with Gasteiger partial charge in [0, 0.05) is 16.0 Å². The summed E-state index contributed by atoms with van der Waals surface area (Å²) in [6, 6.07) is 5.21. The van der Waals surface area contributed by atoms with E-state index in [1.807, 2.05) is 11.8 Å². The highest BCUT2D eigenvalue weighted by atomic mass is 79.9. The Hall–Kier alpha value is -0.190. The first-order chi connectivity index (χ1) is 8.16. The maximum absolute atomic E-state index is 11.9. The number of carbonyl (C=O) groups is 1. The molecule has 1 heterocycles. The van der Waals surface area contributed by atoms with Gasteiger partial charge in [0.25, 0.3) is 5.91 Å². The molecule has 1 amide bonds. The minimum atomic E-state index is -0.0366. The average molecular weight is 335 g/mol. The molecule has 0 bridgehead atoms. The molecule has 0 spiro atoms. The van der Waals surface area contributed by atoms with Crippen LogP contribution in [-0.4, -0.2) is 24.0 Å². The normalized spacial score (nSPS) is 19.3. The number of carbonyl (C=O) groups excluding carboxylic acids is 1. The summed E-state index contributed by atoms with van der Waals surface area (Å²) < 4.78 is 0.739. The monoisotopic (exact) mass is 333 g/mol. The quantitative estimate of drug-likeness (QED) is 0.915. The van der Waals surface area contributed by atoms with Gasteiger partial charge in [0.15, 0.2) is 0 Å². The number of halogens is 2. The molecular formula is C12H13BrClNOS. The fraction of sp³-hybridized carbons (Fsp3) is 0.417. The summed E-state index contributed by atoms with van der Waals surface area (Å²) in [5.41, 5.74) is 0.639. The molecule has 0 radical (unpaired) electrons. The van der Waals surface area contributed by atoms with Crippen molar-refractivity contribution in [2.24, 2.45) is 5.92 Å². The van der Waals surface area contributed by atoms with Gasteiger partial charge in [-0.2, -0.15) is 11.8 Å². The molecule has 2 nitrogen and oxygen atoms in total. The van der Waals surface area contributed by atoms with Gasteiger partial charge in [-0.05, 0) is 58.0 Å².